The molecule has 0 saturated heterocycles. The fourth-order valence-electron chi connectivity index (χ4n) is 0.847. The maximum atomic E-state index is 3.83. The average Bonchev–Trinajstić information content (AvgIpc) is 1.84. The van der Waals surface area contributed by atoms with Crippen molar-refractivity contribution in [1.82, 2.24) is 0 Å². The molecule has 0 aliphatic rings. The summed E-state index contributed by atoms with van der Waals surface area (Å²) in [7, 11) is 0. The predicted octanol–water partition coefficient (Wildman–Crippen LogP) is 3.64. The third-order valence-electron chi connectivity index (χ3n) is 1.20. The molecule has 0 nitrogen and oxygen atoms in total. The molecule has 0 aromatic carbocycles. The summed E-state index contributed by atoms with van der Waals surface area (Å²) in [5.74, 6) is 0. The maximum absolute atomic E-state index is 3.83. The van der Waals surface area contributed by atoms with Crippen LogP contribution in [0.2, 0.25) is 0 Å². The molecule has 11 heavy (non-hydrogen) atoms. The van der Waals surface area contributed by atoms with Crippen LogP contribution in [-0.4, -0.2) is 0 Å². The van der Waals surface area contributed by atoms with E-state index < -0.39 is 0 Å². The Morgan fingerprint density at radius 1 is 1.27 bits per heavy atom. The van der Waals surface area contributed by atoms with Crippen LogP contribution in [0.4, 0.5) is 0 Å². The summed E-state index contributed by atoms with van der Waals surface area (Å²) in [4.78, 5) is 0. The normalized spacial score (nSPS) is 10.9. The molecule has 0 unspecified atom stereocenters. The molecule has 0 saturated carbocycles. The van der Waals surface area contributed by atoms with Crippen molar-refractivity contribution < 1.29 is 0 Å². The van der Waals surface area contributed by atoms with Crippen LogP contribution in [0.15, 0.2) is 48.6 Å². The van der Waals surface area contributed by atoms with Crippen LogP contribution in [-0.2, 0) is 0 Å². The van der Waals surface area contributed by atoms with Crippen molar-refractivity contribution in [2.45, 2.75) is 20.3 Å². The standard InChI is InChI=1S/C11H16/c1-6-11(7-9(2)3)8-10(4)5/h6-7H,1-2,4,8H2,3,5H3/b11-7+. The molecule has 0 aliphatic carbocycles. The second-order valence-corrected chi connectivity index (χ2v) is 2.90. The van der Waals surface area contributed by atoms with Gasteiger partial charge in [0.15, 0.2) is 0 Å². The topological polar surface area (TPSA) is 0 Å². The van der Waals surface area contributed by atoms with Crippen molar-refractivity contribution in [1.29, 1.82) is 0 Å². The Kier molecular flexibility index (Phi) is 4.28. The van der Waals surface area contributed by atoms with Gasteiger partial charge in [0, 0.05) is 0 Å². The van der Waals surface area contributed by atoms with Crippen molar-refractivity contribution >= 4 is 0 Å². The van der Waals surface area contributed by atoms with Crippen LogP contribution in [0.3, 0.4) is 0 Å². The summed E-state index contributed by atoms with van der Waals surface area (Å²) in [6, 6.07) is 0. The molecule has 0 heteroatoms. The lowest BCUT2D eigenvalue weighted by Gasteiger charge is -2.00. The van der Waals surface area contributed by atoms with Crippen LogP contribution >= 0.6 is 0 Å². The van der Waals surface area contributed by atoms with Gasteiger partial charge in [0.1, 0.15) is 0 Å². The molecule has 0 bridgehead atoms. The minimum Gasteiger partial charge on any atom is -0.0998 e. The third-order valence-corrected chi connectivity index (χ3v) is 1.20. The van der Waals surface area contributed by atoms with Crippen molar-refractivity contribution in [3.63, 3.8) is 0 Å². The van der Waals surface area contributed by atoms with Gasteiger partial charge >= 0.3 is 0 Å². The predicted molar refractivity (Wildman–Crippen MR) is 52.5 cm³/mol. The van der Waals surface area contributed by atoms with Gasteiger partial charge in [-0.3, -0.25) is 0 Å². The summed E-state index contributed by atoms with van der Waals surface area (Å²) in [6.45, 7) is 15.3. The Bertz CT molecular complexity index is 204. The lowest BCUT2D eigenvalue weighted by Crippen LogP contribution is -1.80. The molecule has 0 spiro atoms. The Labute approximate surface area is 69.6 Å². The number of hydrogen-bond donors (Lipinski definition) is 0. The van der Waals surface area contributed by atoms with Crippen LogP contribution in [0.1, 0.15) is 20.3 Å². The zero-order valence-electron chi connectivity index (χ0n) is 7.48. The smallest absolute Gasteiger partial charge is 0.00727 e. The van der Waals surface area contributed by atoms with Gasteiger partial charge < -0.3 is 0 Å². The van der Waals surface area contributed by atoms with E-state index in [0.29, 0.717) is 0 Å². The Morgan fingerprint density at radius 2 is 1.82 bits per heavy atom. The zero-order chi connectivity index (χ0) is 8.85. The van der Waals surface area contributed by atoms with E-state index in [1.165, 1.54) is 5.57 Å². The second kappa shape index (κ2) is 4.73. The molecule has 0 radical (unpaired) electrons. The zero-order valence-corrected chi connectivity index (χ0v) is 7.48. The van der Waals surface area contributed by atoms with Gasteiger partial charge in [-0.25, -0.2) is 0 Å². The summed E-state index contributed by atoms with van der Waals surface area (Å²) >= 11 is 0. The number of rotatable bonds is 4. The summed E-state index contributed by atoms with van der Waals surface area (Å²) in [5, 5.41) is 0. The Morgan fingerprint density at radius 3 is 2.09 bits per heavy atom. The quantitative estimate of drug-likeness (QED) is 0.422. The van der Waals surface area contributed by atoms with Crippen molar-refractivity contribution in [2.75, 3.05) is 0 Å². The van der Waals surface area contributed by atoms with Crippen LogP contribution in [0.5, 0.6) is 0 Å². The summed E-state index contributed by atoms with van der Waals surface area (Å²) in [6.07, 6.45) is 4.78. The van der Waals surface area contributed by atoms with Crippen LogP contribution in [0.25, 0.3) is 0 Å². The fourth-order valence-corrected chi connectivity index (χ4v) is 0.847. The minimum absolute atomic E-state index is 0.899. The third kappa shape index (κ3) is 5.41. The van der Waals surface area contributed by atoms with E-state index in [9.17, 15) is 0 Å². The van der Waals surface area contributed by atoms with Gasteiger partial charge in [0.25, 0.3) is 0 Å². The highest BCUT2D eigenvalue weighted by Gasteiger charge is 1.91. The maximum Gasteiger partial charge on any atom is -0.00727 e. The molecule has 60 valence electrons. The number of hydrogen-bond acceptors (Lipinski definition) is 0. The van der Waals surface area contributed by atoms with Crippen LogP contribution < -0.4 is 0 Å². The van der Waals surface area contributed by atoms with Gasteiger partial charge in [-0.1, -0.05) is 43.0 Å². The van der Waals surface area contributed by atoms with Gasteiger partial charge in [0.2, 0.25) is 0 Å². The first kappa shape index (κ1) is 9.96. The molecule has 0 aliphatic heterocycles. The molecule has 0 aromatic heterocycles. The lowest BCUT2D eigenvalue weighted by molar-refractivity contribution is 1.16. The molecule has 0 amide bonds. The molecule has 0 aromatic rings. The van der Waals surface area contributed by atoms with Crippen molar-refractivity contribution in [3.8, 4) is 0 Å². The Hall–Kier alpha value is -1.04. The van der Waals surface area contributed by atoms with Crippen molar-refractivity contribution in [3.05, 3.63) is 48.6 Å². The summed E-state index contributed by atoms with van der Waals surface area (Å²) < 4.78 is 0. The van der Waals surface area contributed by atoms with Gasteiger partial charge in [-0.15, -0.1) is 0 Å². The second-order valence-electron chi connectivity index (χ2n) is 2.90. The highest BCUT2D eigenvalue weighted by atomic mass is 14.0. The number of allylic oxidation sites excluding steroid dienone is 5. The molecule has 0 N–H and O–H groups in total. The fraction of sp³-hybridized carbons (Fsp3) is 0.273. The van der Waals surface area contributed by atoms with Crippen LogP contribution in [0, 0.1) is 0 Å². The van der Waals surface area contributed by atoms with Crippen molar-refractivity contribution in [2.24, 2.45) is 0 Å². The first-order chi connectivity index (χ1) is 5.06. The van der Waals surface area contributed by atoms with E-state index in [1.807, 2.05) is 26.0 Å². The molecular formula is C11H16. The molecule has 0 heterocycles. The van der Waals surface area contributed by atoms with E-state index in [1.54, 1.807) is 0 Å². The SMILES string of the molecule is C=C/C(=C\C(=C)C)CC(=C)C. The van der Waals surface area contributed by atoms with E-state index in [4.69, 9.17) is 0 Å². The first-order valence-electron chi connectivity index (χ1n) is 3.69. The van der Waals surface area contributed by atoms with E-state index in [-0.39, 0.29) is 0 Å². The van der Waals surface area contributed by atoms with Gasteiger partial charge in [-0.05, 0) is 25.8 Å². The van der Waals surface area contributed by atoms with E-state index in [2.05, 4.69) is 19.7 Å². The highest BCUT2D eigenvalue weighted by molar-refractivity contribution is 5.29. The Balaban J connectivity index is 4.28. The van der Waals surface area contributed by atoms with Gasteiger partial charge in [-0.2, -0.15) is 0 Å². The molecular weight excluding hydrogens is 132 g/mol. The highest BCUT2D eigenvalue weighted by Crippen LogP contribution is 2.11. The average molecular weight is 148 g/mol. The van der Waals surface area contributed by atoms with Gasteiger partial charge in [0.05, 0.1) is 0 Å². The molecule has 0 rings (SSSR count). The first-order valence-corrected chi connectivity index (χ1v) is 3.69. The summed E-state index contributed by atoms with van der Waals surface area (Å²) in [5.41, 5.74) is 3.39. The molecule has 0 fully saturated rings. The molecule has 0 atom stereocenters. The van der Waals surface area contributed by atoms with E-state index in [0.717, 1.165) is 17.6 Å². The minimum atomic E-state index is 0.899. The lowest BCUT2D eigenvalue weighted by atomic mass is 10.1. The van der Waals surface area contributed by atoms with E-state index >= 15 is 0 Å². The monoisotopic (exact) mass is 148 g/mol. The largest absolute Gasteiger partial charge is 0.0998 e.